The molecule has 1 unspecified atom stereocenters. The van der Waals surface area contributed by atoms with Crippen LogP contribution in [0.2, 0.25) is 0 Å². The SMILES string of the molecule is CC(=O)N1CCc2ccc(S(=O)(=O)N(C)C(C)CN)cc2CC1. The smallest absolute Gasteiger partial charge is 0.243 e. The predicted octanol–water partition coefficient (Wildman–Crippen LogP) is 0.601. The van der Waals surface area contributed by atoms with Crippen molar-refractivity contribution in [1.29, 1.82) is 0 Å². The molecule has 1 amide bonds. The quantitative estimate of drug-likeness (QED) is 0.871. The molecule has 2 N–H and O–H groups in total. The van der Waals surface area contributed by atoms with Crippen molar-refractivity contribution in [3.63, 3.8) is 0 Å². The Morgan fingerprint density at radius 1 is 1.30 bits per heavy atom. The first-order valence-corrected chi connectivity index (χ1v) is 9.26. The Balaban J connectivity index is 2.30. The van der Waals surface area contributed by atoms with Crippen LogP contribution in [0.25, 0.3) is 0 Å². The molecule has 0 bridgehead atoms. The molecule has 0 fully saturated rings. The number of rotatable bonds is 4. The lowest BCUT2D eigenvalue weighted by atomic mass is 10.0. The van der Waals surface area contributed by atoms with E-state index in [9.17, 15) is 13.2 Å². The molecule has 2 rings (SSSR count). The third-order valence-corrected chi connectivity index (χ3v) is 6.53. The highest BCUT2D eigenvalue weighted by atomic mass is 32.2. The van der Waals surface area contributed by atoms with Gasteiger partial charge in [-0.2, -0.15) is 4.31 Å². The van der Waals surface area contributed by atoms with Crippen molar-refractivity contribution in [2.24, 2.45) is 5.73 Å². The maximum Gasteiger partial charge on any atom is 0.243 e. The van der Waals surface area contributed by atoms with Crippen LogP contribution in [0.1, 0.15) is 25.0 Å². The van der Waals surface area contributed by atoms with Crippen LogP contribution in [0.3, 0.4) is 0 Å². The van der Waals surface area contributed by atoms with E-state index >= 15 is 0 Å². The average molecular weight is 339 g/mol. The third-order valence-electron chi connectivity index (χ3n) is 4.56. The molecular weight excluding hydrogens is 314 g/mol. The van der Waals surface area contributed by atoms with E-state index in [1.54, 1.807) is 37.9 Å². The fraction of sp³-hybridized carbons (Fsp3) is 0.562. The highest BCUT2D eigenvalue weighted by Crippen LogP contribution is 2.23. The third kappa shape index (κ3) is 3.73. The molecule has 1 aliphatic heterocycles. The molecule has 7 heteroatoms. The van der Waals surface area contributed by atoms with Crippen molar-refractivity contribution in [2.75, 3.05) is 26.7 Å². The zero-order valence-electron chi connectivity index (χ0n) is 13.9. The Bertz CT molecular complexity index is 688. The van der Waals surface area contributed by atoms with Gasteiger partial charge in [-0.1, -0.05) is 6.07 Å². The predicted molar refractivity (Wildman–Crippen MR) is 89.6 cm³/mol. The average Bonchev–Trinajstić information content (AvgIpc) is 2.75. The second-order valence-electron chi connectivity index (χ2n) is 6.04. The summed E-state index contributed by atoms with van der Waals surface area (Å²) < 4.78 is 26.7. The number of fused-ring (bicyclic) bond motifs is 1. The summed E-state index contributed by atoms with van der Waals surface area (Å²) >= 11 is 0. The summed E-state index contributed by atoms with van der Waals surface area (Å²) in [5.74, 6) is 0.0576. The van der Waals surface area contributed by atoms with Gasteiger partial charge in [0.2, 0.25) is 15.9 Å². The maximum absolute atomic E-state index is 12.7. The van der Waals surface area contributed by atoms with Gasteiger partial charge in [0.15, 0.2) is 0 Å². The van der Waals surface area contributed by atoms with Crippen LogP contribution in [0, 0.1) is 0 Å². The van der Waals surface area contributed by atoms with E-state index in [0.717, 1.165) is 17.5 Å². The van der Waals surface area contributed by atoms with E-state index in [2.05, 4.69) is 0 Å². The molecule has 6 nitrogen and oxygen atoms in total. The van der Waals surface area contributed by atoms with Gasteiger partial charge in [-0.05, 0) is 43.0 Å². The van der Waals surface area contributed by atoms with Crippen LogP contribution in [-0.4, -0.2) is 56.3 Å². The number of nitrogens with zero attached hydrogens (tertiary/aromatic N) is 2. The normalized spacial score (nSPS) is 16.8. The molecule has 1 aromatic rings. The number of carbonyl (C=O) groups is 1. The van der Waals surface area contributed by atoms with E-state index in [0.29, 0.717) is 19.5 Å². The molecule has 0 saturated heterocycles. The Hall–Kier alpha value is -1.44. The van der Waals surface area contributed by atoms with Crippen LogP contribution in [-0.2, 0) is 27.7 Å². The van der Waals surface area contributed by atoms with Crippen LogP contribution < -0.4 is 5.73 Å². The van der Waals surface area contributed by atoms with Crippen molar-refractivity contribution >= 4 is 15.9 Å². The van der Waals surface area contributed by atoms with Gasteiger partial charge in [0, 0.05) is 39.6 Å². The van der Waals surface area contributed by atoms with E-state index in [-0.39, 0.29) is 23.4 Å². The van der Waals surface area contributed by atoms with Gasteiger partial charge in [0.1, 0.15) is 0 Å². The highest BCUT2D eigenvalue weighted by molar-refractivity contribution is 7.89. The topological polar surface area (TPSA) is 83.7 Å². The van der Waals surface area contributed by atoms with Crippen LogP contribution in [0.15, 0.2) is 23.1 Å². The second kappa shape index (κ2) is 6.98. The molecule has 0 aromatic heterocycles. The molecule has 1 aromatic carbocycles. The molecule has 1 heterocycles. The lowest BCUT2D eigenvalue weighted by Crippen LogP contribution is -2.39. The first-order valence-electron chi connectivity index (χ1n) is 7.82. The summed E-state index contributed by atoms with van der Waals surface area (Å²) in [6.07, 6.45) is 1.43. The molecule has 0 aliphatic carbocycles. The van der Waals surface area contributed by atoms with Gasteiger partial charge >= 0.3 is 0 Å². The van der Waals surface area contributed by atoms with E-state index in [4.69, 9.17) is 5.73 Å². The first-order chi connectivity index (χ1) is 10.8. The molecule has 0 saturated carbocycles. The summed E-state index contributed by atoms with van der Waals surface area (Å²) in [5.41, 5.74) is 7.70. The summed E-state index contributed by atoms with van der Waals surface area (Å²) in [6.45, 7) is 4.93. The fourth-order valence-electron chi connectivity index (χ4n) is 2.73. The molecular formula is C16H25N3O3S. The monoisotopic (exact) mass is 339 g/mol. The summed E-state index contributed by atoms with van der Waals surface area (Å²) in [7, 11) is -2.00. The molecule has 0 radical (unpaired) electrons. The highest BCUT2D eigenvalue weighted by Gasteiger charge is 2.26. The molecule has 23 heavy (non-hydrogen) atoms. The maximum atomic E-state index is 12.7. The van der Waals surface area contributed by atoms with Crippen molar-refractivity contribution < 1.29 is 13.2 Å². The van der Waals surface area contributed by atoms with Crippen LogP contribution in [0.4, 0.5) is 0 Å². The number of hydrogen-bond acceptors (Lipinski definition) is 4. The van der Waals surface area contributed by atoms with Gasteiger partial charge in [0.25, 0.3) is 0 Å². The van der Waals surface area contributed by atoms with Gasteiger partial charge in [-0.25, -0.2) is 8.42 Å². The minimum absolute atomic E-state index is 0.0576. The fourth-order valence-corrected chi connectivity index (χ4v) is 4.15. The summed E-state index contributed by atoms with van der Waals surface area (Å²) in [5, 5.41) is 0. The Labute approximate surface area is 138 Å². The van der Waals surface area contributed by atoms with Crippen LogP contribution in [0.5, 0.6) is 0 Å². The van der Waals surface area contributed by atoms with Gasteiger partial charge in [0.05, 0.1) is 4.90 Å². The number of nitrogens with two attached hydrogens (primary N) is 1. The first kappa shape index (κ1) is 17.9. The number of hydrogen-bond donors (Lipinski definition) is 1. The van der Waals surface area contributed by atoms with Gasteiger partial charge < -0.3 is 10.6 Å². The van der Waals surface area contributed by atoms with E-state index in [1.807, 2.05) is 6.07 Å². The zero-order valence-corrected chi connectivity index (χ0v) is 14.8. The van der Waals surface area contributed by atoms with E-state index < -0.39 is 10.0 Å². The molecule has 1 aliphatic rings. The van der Waals surface area contributed by atoms with Gasteiger partial charge in [-0.3, -0.25) is 4.79 Å². The Morgan fingerprint density at radius 3 is 2.48 bits per heavy atom. The lowest BCUT2D eigenvalue weighted by Gasteiger charge is -2.23. The summed E-state index contributed by atoms with van der Waals surface area (Å²) in [4.78, 5) is 13.6. The standard InChI is InChI=1S/C16H25N3O3S/c1-12(11-17)18(3)23(21,22)16-5-4-14-6-8-19(13(2)20)9-7-15(14)10-16/h4-5,10,12H,6-9,11,17H2,1-3H3. The Kier molecular flexibility index (Phi) is 5.44. The van der Waals surface area contributed by atoms with Crippen molar-refractivity contribution in [1.82, 2.24) is 9.21 Å². The minimum Gasteiger partial charge on any atom is -0.342 e. The van der Waals surface area contributed by atoms with Crippen molar-refractivity contribution in [2.45, 2.75) is 37.6 Å². The second-order valence-corrected chi connectivity index (χ2v) is 8.04. The number of sulfonamides is 1. The largest absolute Gasteiger partial charge is 0.342 e. The number of benzene rings is 1. The molecule has 128 valence electrons. The zero-order chi connectivity index (χ0) is 17.2. The number of carbonyl (C=O) groups excluding carboxylic acids is 1. The molecule has 0 spiro atoms. The van der Waals surface area contributed by atoms with Crippen LogP contribution >= 0.6 is 0 Å². The van der Waals surface area contributed by atoms with Gasteiger partial charge in [-0.15, -0.1) is 0 Å². The lowest BCUT2D eigenvalue weighted by molar-refractivity contribution is -0.128. The Morgan fingerprint density at radius 2 is 1.91 bits per heavy atom. The van der Waals surface area contributed by atoms with Crippen molar-refractivity contribution in [3.05, 3.63) is 29.3 Å². The van der Waals surface area contributed by atoms with Crippen molar-refractivity contribution in [3.8, 4) is 0 Å². The summed E-state index contributed by atoms with van der Waals surface area (Å²) in [6, 6.07) is 5.00. The van der Waals surface area contributed by atoms with E-state index in [1.165, 1.54) is 4.31 Å². The molecule has 1 atom stereocenters. The number of likely N-dealkylation sites (N-methyl/N-ethyl adjacent to an activating group) is 1. The number of amides is 1. The minimum atomic E-state index is -3.55.